The van der Waals surface area contributed by atoms with Crippen LogP contribution in [0.3, 0.4) is 0 Å². The Kier molecular flexibility index (Phi) is 8.82. The molecule has 0 unspecified atom stereocenters. The zero-order valence-electron chi connectivity index (χ0n) is 16.2. The van der Waals surface area contributed by atoms with Crippen LogP contribution in [0, 0.1) is 0 Å². The Labute approximate surface area is 182 Å². The van der Waals surface area contributed by atoms with Gasteiger partial charge in [-0.2, -0.15) is 0 Å². The molecule has 0 aliphatic rings. The number of amides is 2. The van der Waals surface area contributed by atoms with Crippen molar-refractivity contribution in [2.75, 3.05) is 0 Å². The van der Waals surface area contributed by atoms with Crippen molar-refractivity contribution in [2.45, 2.75) is 38.1 Å². The number of hydrogen-bond acceptors (Lipinski definition) is 5. The van der Waals surface area contributed by atoms with E-state index in [1.807, 2.05) is 6.07 Å². The average Bonchev–Trinajstić information content (AvgIpc) is 2.71. The lowest BCUT2D eigenvalue weighted by Crippen LogP contribution is -2.56. The second kappa shape index (κ2) is 11.3. The van der Waals surface area contributed by atoms with Gasteiger partial charge in [-0.05, 0) is 24.1 Å². The lowest BCUT2D eigenvalue weighted by atomic mass is 10.0. The molecule has 0 aliphatic carbocycles. The van der Waals surface area contributed by atoms with Crippen LogP contribution in [0.4, 0.5) is 4.79 Å². The average molecular weight is 479 g/mol. The third-order valence-corrected chi connectivity index (χ3v) is 5.02. The van der Waals surface area contributed by atoms with E-state index in [0.717, 1.165) is 5.56 Å². The minimum Gasteiger partial charge on any atom is -0.480 e. The Balaban J connectivity index is 1.99. The van der Waals surface area contributed by atoms with Crippen molar-refractivity contribution in [1.82, 2.24) is 10.6 Å². The van der Waals surface area contributed by atoms with Gasteiger partial charge in [0.2, 0.25) is 5.91 Å². The van der Waals surface area contributed by atoms with Gasteiger partial charge in [-0.1, -0.05) is 64.5 Å². The molecule has 4 N–H and O–H groups in total. The summed E-state index contributed by atoms with van der Waals surface area (Å²) in [7, 11) is 0. The van der Waals surface area contributed by atoms with Crippen LogP contribution in [0.25, 0.3) is 0 Å². The van der Waals surface area contributed by atoms with Gasteiger partial charge in [0.25, 0.3) is 0 Å². The van der Waals surface area contributed by atoms with E-state index in [4.69, 9.17) is 4.74 Å². The summed E-state index contributed by atoms with van der Waals surface area (Å²) in [5, 5.41) is 24.0. The highest BCUT2D eigenvalue weighted by molar-refractivity contribution is 9.10. The number of carboxylic acids is 1. The van der Waals surface area contributed by atoms with Crippen LogP contribution in [0.1, 0.15) is 18.1 Å². The van der Waals surface area contributed by atoms with Crippen LogP contribution < -0.4 is 10.6 Å². The van der Waals surface area contributed by atoms with Gasteiger partial charge in [0.1, 0.15) is 18.7 Å². The molecule has 0 fully saturated rings. The minimum atomic E-state index is -1.38. The van der Waals surface area contributed by atoms with Gasteiger partial charge in [-0.25, -0.2) is 9.59 Å². The summed E-state index contributed by atoms with van der Waals surface area (Å²) in [5.41, 5.74) is 1.44. The molecule has 160 valence electrons. The Hall–Kier alpha value is -2.91. The number of benzene rings is 2. The largest absolute Gasteiger partial charge is 0.480 e. The molecule has 0 radical (unpaired) electrons. The van der Waals surface area contributed by atoms with Crippen molar-refractivity contribution >= 4 is 33.9 Å². The number of ether oxygens (including phenoxy) is 1. The summed E-state index contributed by atoms with van der Waals surface area (Å²) in [4.78, 5) is 36.2. The van der Waals surface area contributed by atoms with E-state index in [1.54, 1.807) is 48.5 Å². The normalized spacial score (nSPS) is 13.6. The Morgan fingerprint density at radius 2 is 1.67 bits per heavy atom. The molecule has 3 atom stereocenters. The molecular weight excluding hydrogens is 456 g/mol. The second-order valence-corrected chi connectivity index (χ2v) is 7.47. The van der Waals surface area contributed by atoms with E-state index >= 15 is 0 Å². The smallest absolute Gasteiger partial charge is 0.408 e. The minimum absolute atomic E-state index is 0.0133. The van der Waals surface area contributed by atoms with Gasteiger partial charge in [0.05, 0.1) is 6.10 Å². The number of rotatable bonds is 9. The van der Waals surface area contributed by atoms with E-state index in [0.29, 0.717) is 10.0 Å². The molecule has 0 heterocycles. The van der Waals surface area contributed by atoms with Gasteiger partial charge in [-0.3, -0.25) is 4.79 Å². The summed E-state index contributed by atoms with van der Waals surface area (Å²) < 4.78 is 5.77. The third-order valence-electron chi connectivity index (χ3n) is 4.25. The fraction of sp³-hybridized carbons (Fsp3) is 0.286. The molecule has 2 rings (SSSR count). The number of carbonyl (C=O) groups is 3. The molecule has 2 aromatic rings. The number of alkyl carbamates (subject to hydrolysis) is 1. The maximum absolute atomic E-state index is 12.6. The van der Waals surface area contributed by atoms with Gasteiger partial charge in [0.15, 0.2) is 0 Å². The van der Waals surface area contributed by atoms with Crippen molar-refractivity contribution in [3.05, 3.63) is 70.2 Å². The summed E-state index contributed by atoms with van der Waals surface area (Å²) in [5.74, 6) is -2.07. The standard InChI is InChI=1S/C21H23BrN2O6/c1-13(25)18(24-21(29)30-12-14-7-3-2-4-8-14)19(26)23-17(20(27)28)11-15-9-5-6-10-16(15)22/h2-10,13,17-18,25H,11-12H2,1H3,(H,23,26)(H,24,29)(H,27,28)/t13-,17-,18+/m1/s1. The van der Waals surface area contributed by atoms with Crippen molar-refractivity contribution in [3.63, 3.8) is 0 Å². The molecule has 0 spiro atoms. The Bertz CT molecular complexity index is 875. The lowest BCUT2D eigenvalue weighted by Gasteiger charge is -2.23. The van der Waals surface area contributed by atoms with Gasteiger partial charge >= 0.3 is 12.1 Å². The van der Waals surface area contributed by atoms with Crippen molar-refractivity contribution in [1.29, 1.82) is 0 Å². The number of carboxylic acid groups (broad SMARTS) is 1. The van der Waals surface area contributed by atoms with Crippen LogP contribution >= 0.6 is 15.9 Å². The van der Waals surface area contributed by atoms with Crippen LogP contribution in [-0.4, -0.2) is 46.4 Å². The molecule has 2 aromatic carbocycles. The number of aliphatic carboxylic acids is 1. The van der Waals surface area contributed by atoms with Crippen LogP contribution in [0.15, 0.2) is 59.1 Å². The number of nitrogens with one attached hydrogen (secondary N) is 2. The zero-order valence-corrected chi connectivity index (χ0v) is 17.8. The number of carbonyl (C=O) groups excluding carboxylic acids is 2. The third kappa shape index (κ3) is 7.16. The maximum atomic E-state index is 12.6. The molecule has 0 aromatic heterocycles. The van der Waals surface area contributed by atoms with Gasteiger partial charge < -0.3 is 25.6 Å². The summed E-state index contributed by atoms with van der Waals surface area (Å²) in [6, 6.07) is 13.4. The molecule has 8 nitrogen and oxygen atoms in total. The first kappa shape index (κ1) is 23.4. The fourth-order valence-electron chi connectivity index (χ4n) is 2.64. The van der Waals surface area contributed by atoms with E-state index in [9.17, 15) is 24.6 Å². The molecule has 2 amide bonds. The van der Waals surface area contributed by atoms with Crippen LogP contribution in [0.2, 0.25) is 0 Å². The second-order valence-electron chi connectivity index (χ2n) is 6.62. The molecule has 30 heavy (non-hydrogen) atoms. The lowest BCUT2D eigenvalue weighted by molar-refractivity contribution is -0.142. The van der Waals surface area contributed by atoms with Crippen molar-refractivity contribution in [2.24, 2.45) is 0 Å². The van der Waals surface area contributed by atoms with Gasteiger partial charge in [0, 0.05) is 10.9 Å². The van der Waals surface area contributed by atoms with Crippen molar-refractivity contribution in [3.8, 4) is 0 Å². The van der Waals surface area contributed by atoms with Gasteiger partial charge in [-0.15, -0.1) is 0 Å². The quantitative estimate of drug-likeness (QED) is 0.437. The predicted octanol–water partition coefficient (Wildman–Crippen LogP) is 2.24. The monoisotopic (exact) mass is 478 g/mol. The Morgan fingerprint density at radius 1 is 1.03 bits per heavy atom. The first-order valence-corrected chi connectivity index (χ1v) is 9.99. The number of aliphatic hydroxyl groups is 1. The molecule has 0 aliphatic heterocycles. The van der Waals surface area contributed by atoms with Crippen molar-refractivity contribution < 1.29 is 29.3 Å². The Morgan fingerprint density at radius 3 is 2.27 bits per heavy atom. The highest BCUT2D eigenvalue weighted by Gasteiger charge is 2.30. The maximum Gasteiger partial charge on any atom is 0.408 e. The SMILES string of the molecule is C[C@@H](O)[C@H](NC(=O)OCc1ccccc1)C(=O)N[C@H](Cc1ccccc1Br)C(=O)O. The summed E-state index contributed by atoms with van der Waals surface area (Å²) in [6.45, 7) is 1.30. The van der Waals surface area contributed by atoms with E-state index in [1.165, 1.54) is 6.92 Å². The summed E-state index contributed by atoms with van der Waals surface area (Å²) in [6.07, 6.45) is -2.15. The van der Waals surface area contributed by atoms with Crippen LogP contribution in [0.5, 0.6) is 0 Å². The highest BCUT2D eigenvalue weighted by Crippen LogP contribution is 2.17. The molecule has 0 saturated carbocycles. The zero-order chi connectivity index (χ0) is 22.1. The fourth-order valence-corrected chi connectivity index (χ4v) is 3.09. The first-order valence-electron chi connectivity index (χ1n) is 9.19. The molecule has 0 bridgehead atoms. The molecule has 9 heteroatoms. The van der Waals surface area contributed by atoms with E-state index in [-0.39, 0.29) is 13.0 Å². The first-order chi connectivity index (χ1) is 14.3. The highest BCUT2D eigenvalue weighted by atomic mass is 79.9. The predicted molar refractivity (Wildman–Crippen MR) is 113 cm³/mol. The van der Waals surface area contributed by atoms with E-state index in [2.05, 4.69) is 26.6 Å². The van der Waals surface area contributed by atoms with Crippen LogP contribution in [-0.2, 0) is 27.4 Å². The van der Waals surface area contributed by atoms with E-state index < -0.39 is 36.2 Å². The molecular formula is C21H23BrN2O6. The number of halogens is 1. The number of hydrogen-bond donors (Lipinski definition) is 4. The summed E-state index contributed by atoms with van der Waals surface area (Å²) >= 11 is 3.34. The molecule has 0 saturated heterocycles. The topological polar surface area (TPSA) is 125 Å². The number of aliphatic hydroxyl groups excluding tert-OH is 1.